The molecule has 1 N–H and O–H groups in total. The Balaban J connectivity index is 1.32. The Bertz CT molecular complexity index is 1570. The Morgan fingerprint density at radius 1 is 1.11 bits per heavy atom. The summed E-state index contributed by atoms with van der Waals surface area (Å²) in [4.78, 5) is 17.1. The van der Waals surface area contributed by atoms with Gasteiger partial charge in [-0.05, 0) is 61.2 Å². The van der Waals surface area contributed by atoms with Crippen LogP contribution in [-0.4, -0.2) is 24.5 Å². The van der Waals surface area contributed by atoms with Crippen molar-refractivity contribution in [2.75, 3.05) is 5.32 Å². The lowest BCUT2D eigenvalue weighted by Crippen LogP contribution is -2.16. The third-order valence-electron chi connectivity index (χ3n) is 6.62. The van der Waals surface area contributed by atoms with E-state index in [9.17, 15) is 17.6 Å². The Morgan fingerprint density at radius 2 is 1.79 bits per heavy atom. The van der Waals surface area contributed by atoms with Crippen molar-refractivity contribution in [3.05, 3.63) is 99.0 Å². The minimum Gasteiger partial charge on any atom is -0.334 e. The van der Waals surface area contributed by atoms with Gasteiger partial charge < -0.3 is 9.84 Å². The predicted molar refractivity (Wildman–Crippen MR) is 144 cm³/mol. The molecule has 0 bridgehead atoms. The van der Waals surface area contributed by atoms with Crippen LogP contribution in [0.4, 0.5) is 10.1 Å². The van der Waals surface area contributed by atoms with Gasteiger partial charge in [0.15, 0.2) is 5.82 Å². The zero-order valence-corrected chi connectivity index (χ0v) is 22.5. The first-order valence-electron chi connectivity index (χ1n) is 11.8. The van der Waals surface area contributed by atoms with E-state index in [4.69, 9.17) is 27.7 Å². The lowest BCUT2D eigenvalue weighted by Gasteiger charge is -2.17. The van der Waals surface area contributed by atoms with Gasteiger partial charge in [0.2, 0.25) is 5.91 Å². The molecule has 0 radical (unpaired) electrons. The summed E-state index contributed by atoms with van der Waals surface area (Å²) in [6.45, 7) is 1.61. The van der Waals surface area contributed by atoms with E-state index < -0.39 is 27.2 Å². The number of benzene rings is 3. The molecule has 1 unspecified atom stereocenters. The van der Waals surface area contributed by atoms with Crippen LogP contribution in [0.25, 0.3) is 11.5 Å². The molecule has 0 aliphatic heterocycles. The smallest absolute Gasteiger partial charge is 0.258 e. The number of aromatic nitrogens is 2. The van der Waals surface area contributed by atoms with E-state index in [0.717, 1.165) is 5.56 Å². The van der Waals surface area contributed by atoms with E-state index in [1.54, 1.807) is 55.5 Å². The molecule has 38 heavy (non-hydrogen) atoms. The molecule has 0 spiro atoms. The van der Waals surface area contributed by atoms with Crippen molar-refractivity contribution < 1.29 is 22.1 Å². The first-order chi connectivity index (χ1) is 18.2. The first kappa shape index (κ1) is 26.3. The van der Waals surface area contributed by atoms with Crippen LogP contribution in [0, 0.1) is 5.82 Å². The zero-order valence-electron chi connectivity index (χ0n) is 20.1. The quantitative estimate of drug-likeness (QED) is 0.246. The summed E-state index contributed by atoms with van der Waals surface area (Å²) in [5.41, 5.74) is 2.33. The molecule has 7 nitrogen and oxygen atoms in total. The van der Waals surface area contributed by atoms with E-state index in [1.807, 2.05) is 0 Å². The number of carbonyl (C=O) groups is 1. The van der Waals surface area contributed by atoms with Crippen LogP contribution in [0.3, 0.4) is 0 Å². The van der Waals surface area contributed by atoms with E-state index in [0.29, 0.717) is 51.1 Å². The molecule has 1 fully saturated rings. The second kappa shape index (κ2) is 10.5. The molecule has 3 aromatic carbocycles. The number of anilines is 1. The van der Waals surface area contributed by atoms with Crippen molar-refractivity contribution in [3.63, 3.8) is 0 Å². The first-order valence-corrected chi connectivity index (χ1v) is 13.8. The van der Waals surface area contributed by atoms with Crippen LogP contribution in [0.1, 0.15) is 47.5 Å². The van der Waals surface area contributed by atoms with Crippen molar-refractivity contribution in [1.29, 1.82) is 0 Å². The Labute approximate surface area is 229 Å². The van der Waals surface area contributed by atoms with E-state index in [1.165, 1.54) is 12.1 Å². The van der Waals surface area contributed by atoms with Gasteiger partial charge in [-0.3, -0.25) is 4.79 Å². The zero-order chi connectivity index (χ0) is 27.0. The molecule has 1 heterocycles. The maximum Gasteiger partial charge on any atom is 0.258 e. The molecule has 1 aliphatic carbocycles. The summed E-state index contributed by atoms with van der Waals surface area (Å²) in [7, 11) is -2.57. The second-order valence-electron chi connectivity index (χ2n) is 9.26. The summed E-state index contributed by atoms with van der Waals surface area (Å²) >= 11 is 13.3. The third-order valence-corrected chi connectivity index (χ3v) is 8.15. The molecule has 1 aliphatic rings. The maximum absolute atomic E-state index is 13.6. The van der Waals surface area contributed by atoms with Gasteiger partial charge in [0, 0.05) is 26.9 Å². The van der Waals surface area contributed by atoms with Gasteiger partial charge >= 0.3 is 0 Å². The highest BCUT2D eigenvalue weighted by Crippen LogP contribution is 2.57. The number of carbonyl (C=O) groups excluding carboxylic acids is 1. The number of rotatable bonds is 8. The van der Waals surface area contributed by atoms with Crippen LogP contribution in [-0.2, 0) is 27.3 Å². The predicted octanol–water partition coefficient (Wildman–Crippen LogP) is 6.12. The number of thiol groups is 1. The highest BCUT2D eigenvalue weighted by molar-refractivity contribution is 7.72. The molecule has 4 aromatic rings. The average Bonchev–Trinajstić information content (AvgIpc) is 3.49. The second-order valence-corrected chi connectivity index (χ2v) is 11.4. The van der Waals surface area contributed by atoms with Crippen LogP contribution in [0.2, 0.25) is 10.0 Å². The van der Waals surface area contributed by atoms with Gasteiger partial charge in [-0.1, -0.05) is 58.7 Å². The number of amides is 1. The molecule has 11 heteroatoms. The number of hydrogen-bond acceptors (Lipinski definition) is 6. The van der Waals surface area contributed by atoms with Gasteiger partial charge in [0.05, 0.1) is 17.1 Å². The fraction of sp³-hybridized carbons (Fsp3) is 0.222. The van der Waals surface area contributed by atoms with E-state index >= 15 is 0 Å². The monoisotopic (exact) mass is 573 g/mol. The summed E-state index contributed by atoms with van der Waals surface area (Å²) in [6.07, 6.45) is 1.50. The van der Waals surface area contributed by atoms with Gasteiger partial charge in [0.1, 0.15) is 16.5 Å². The summed E-state index contributed by atoms with van der Waals surface area (Å²) in [6, 6.07) is 16.0. The topological polar surface area (TPSA) is 102 Å². The van der Waals surface area contributed by atoms with Gasteiger partial charge in [-0.25, -0.2) is 12.8 Å². The Morgan fingerprint density at radius 3 is 2.39 bits per heavy atom. The highest BCUT2D eigenvalue weighted by Gasteiger charge is 2.52. The number of nitrogens with one attached hydrogen (secondary N) is 1. The number of hydrogen-bond donors (Lipinski definition) is 2. The molecule has 5 rings (SSSR count). The normalized spacial score (nSPS) is 14.9. The van der Waals surface area contributed by atoms with Crippen molar-refractivity contribution in [1.82, 2.24) is 10.1 Å². The van der Waals surface area contributed by atoms with Crippen molar-refractivity contribution in [2.24, 2.45) is 0 Å². The molecule has 0 saturated heterocycles. The highest BCUT2D eigenvalue weighted by atomic mass is 35.5. The Kier molecular flexibility index (Phi) is 7.26. The van der Waals surface area contributed by atoms with Crippen LogP contribution >= 0.6 is 23.2 Å². The molecule has 1 saturated carbocycles. The summed E-state index contributed by atoms with van der Waals surface area (Å²) in [5, 5.41) is 7.05. The van der Waals surface area contributed by atoms with Gasteiger partial charge in [-0.2, -0.15) is 4.98 Å². The molecule has 1 amide bonds. The van der Waals surface area contributed by atoms with E-state index in [-0.39, 0.29) is 18.2 Å². The number of halogens is 3. The standard InChI is InChI=1S/C27H22Cl2FN3O4S/c1-15(38(35)36)17-7-5-16(6-8-17)11-23(34)31-20-13-21(28)24(22(29)14-20)27(9-10-27)26-32-25(37-33-26)18-3-2-4-19(30)12-18/h2-8,12-15,38H,9-11H2,1H3,(H,31,34). The summed E-state index contributed by atoms with van der Waals surface area (Å²) < 4.78 is 41.4. The SMILES string of the molecule is CC(c1ccc(CC(=O)Nc2cc(Cl)c(C3(c4noc(-c5cccc(F)c5)n4)CC3)c(Cl)c2)cc1)[SH](=O)=O. The van der Waals surface area contributed by atoms with Crippen molar-refractivity contribution in [2.45, 2.75) is 36.9 Å². The lowest BCUT2D eigenvalue weighted by atomic mass is 9.94. The molecule has 1 atom stereocenters. The fourth-order valence-electron chi connectivity index (χ4n) is 4.40. The average molecular weight is 574 g/mol. The Hall–Kier alpha value is -3.27. The molecule has 196 valence electrons. The molecular formula is C27H22Cl2FN3O4S. The largest absolute Gasteiger partial charge is 0.334 e. The molecular weight excluding hydrogens is 552 g/mol. The van der Waals surface area contributed by atoms with Crippen LogP contribution in [0.15, 0.2) is 65.2 Å². The minimum atomic E-state index is -2.57. The van der Waals surface area contributed by atoms with Gasteiger partial charge in [-0.15, -0.1) is 0 Å². The van der Waals surface area contributed by atoms with Crippen LogP contribution < -0.4 is 5.32 Å². The van der Waals surface area contributed by atoms with Crippen molar-refractivity contribution in [3.8, 4) is 11.5 Å². The third kappa shape index (κ3) is 5.32. The number of nitrogens with zero attached hydrogens (tertiary/aromatic N) is 2. The van der Waals surface area contributed by atoms with Gasteiger partial charge in [0.25, 0.3) is 5.89 Å². The minimum absolute atomic E-state index is 0.0881. The van der Waals surface area contributed by atoms with Crippen molar-refractivity contribution >= 4 is 45.5 Å². The fourth-order valence-corrected chi connectivity index (χ4v) is 5.66. The molecule has 1 aromatic heterocycles. The van der Waals surface area contributed by atoms with E-state index in [2.05, 4.69) is 15.5 Å². The lowest BCUT2D eigenvalue weighted by molar-refractivity contribution is -0.115. The summed E-state index contributed by atoms with van der Waals surface area (Å²) in [5.74, 6) is -0.0708. The van der Waals surface area contributed by atoms with Crippen LogP contribution in [0.5, 0.6) is 0 Å². The maximum atomic E-state index is 13.6.